The lowest BCUT2D eigenvalue weighted by atomic mass is 10.2. The molecule has 0 saturated heterocycles. The van der Waals surface area contributed by atoms with Crippen LogP contribution in [0.2, 0.25) is 0 Å². The van der Waals surface area contributed by atoms with Crippen molar-refractivity contribution < 1.29 is 4.42 Å². The summed E-state index contributed by atoms with van der Waals surface area (Å²) >= 11 is 0. The van der Waals surface area contributed by atoms with Crippen molar-refractivity contribution in [1.29, 1.82) is 0 Å². The standard InChI is InChI=1S/C9H12N2O.ClH/c1-2-6(1)9-11-7-3-4-10-5-8(7)12-9;/h6,10H,1-5H2;1H. The van der Waals surface area contributed by atoms with Gasteiger partial charge < -0.3 is 9.73 Å². The van der Waals surface area contributed by atoms with Crippen molar-refractivity contribution >= 4 is 12.4 Å². The average Bonchev–Trinajstić information content (AvgIpc) is 2.85. The number of rotatable bonds is 1. The molecule has 1 aliphatic carbocycles. The molecule has 0 atom stereocenters. The van der Waals surface area contributed by atoms with E-state index in [0.29, 0.717) is 5.92 Å². The molecule has 0 spiro atoms. The highest BCUT2D eigenvalue weighted by atomic mass is 35.5. The van der Waals surface area contributed by atoms with E-state index in [0.717, 1.165) is 31.2 Å². The number of nitrogens with zero attached hydrogens (tertiary/aromatic N) is 1. The van der Waals surface area contributed by atoms with Crippen molar-refractivity contribution in [2.75, 3.05) is 6.54 Å². The van der Waals surface area contributed by atoms with Gasteiger partial charge >= 0.3 is 0 Å². The Labute approximate surface area is 83.3 Å². The van der Waals surface area contributed by atoms with Gasteiger partial charge in [-0.15, -0.1) is 12.4 Å². The fourth-order valence-corrected chi connectivity index (χ4v) is 1.65. The molecule has 2 aliphatic rings. The van der Waals surface area contributed by atoms with Crippen LogP contribution in [-0.2, 0) is 13.0 Å². The molecule has 1 aliphatic heterocycles. The van der Waals surface area contributed by atoms with E-state index < -0.39 is 0 Å². The lowest BCUT2D eigenvalue weighted by molar-refractivity contribution is 0.430. The smallest absolute Gasteiger partial charge is 0.197 e. The van der Waals surface area contributed by atoms with Gasteiger partial charge in [0.1, 0.15) is 5.76 Å². The Bertz CT molecular complexity index is 283. The fraction of sp³-hybridized carbons (Fsp3) is 0.667. The third kappa shape index (κ3) is 1.58. The third-order valence-electron chi connectivity index (χ3n) is 2.55. The number of halogens is 1. The van der Waals surface area contributed by atoms with Gasteiger partial charge in [0.25, 0.3) is 0 Å². The summed E-state index contributed by atoms with van der Waals surface area (Å²) in [6.07, 6.45) is 3.57. The van der Waals surface area contributed by atoms with Crippen LogP contribution in [0.25, 0.3) is 0 Å². The minimum atomic E-state index is 0. The predicted molar refractivity (Wildman–Crippen MR) is 51.1 cm³/mol. The number of hydrogen-bond donors (Lipinski definition) is 1. The molecule has 1 fully saturated rings. The summed E-state index contributed by atoms with van der Waals surface area (Å²) < 4.78 is 5.66. The summed E-state index contributed by atoms with van der Waals surface area (Å²) in [4.78, 5) is 4.51. The Kier molecular flexibility index (Phi) is 2.30. The third-order valence-corrected chi connectivity index (χ3v) is 2.55. The van der Waals surface area contributed by atoms with Crippen LogP contribution < -0.4 is 5.32 Å². The molecule has 72 valence electrons. The Morgan fingerprint density at radius 3 is 2.92 bits per heavy atom. The molecule has 0 radical (unpaired) electrons. The van der Waals surface area contributed by atoms with Gasteiger partial charge in [-0.05, 0) is 12.8 Å². The van der Waals surface area contributed by atoms with Crippen LogP contribution in [0, 0.1) is 0 Å². The van der Waals surface area contributed by atoms with Gasteiger partial charge in [-0.2, -0.15) is 0 Å². The first-order chi connectivity index (χ1) is 5.93. The van der Waals surface area contributed by atoms with Crippen molar-refractivity contribution in [2.24, 2.45) is 0 Å². The highest BCUT2D eigenvalue weighted by Crippen LogP contribution is 2.40. The van der Waals surface area contributed by atoms with Crippen LogP contribution in [0.3, 0.4) is 0 Å². The van der Waals surface area contributed by atoms with Crippen molar-refractivity contribution in [3.63, 3.8) is 0 Å². The maximum Gasteiger partial charge on any atom is 0.197 e. The second-order valence-corrected chi connectivity index (χ2v) is 3.62. The Morgan fingerprint density at radius 1 is 1.38 bits per heavy atom. The molecule has 3 nitrogen and oxygen atoms in total. The van der Waals surface area contributed by atoms with Crippen LogP contribution in [-0.4, -0.2) is 11.5 Å². The van der Waals surface area contributed by atoms with Gasteiger partial charge in [0.15, 0.2) is 5.89 Å². The van der Waals surface area contributed by atoms with Crippen LogP contribution in [0.4, 0.5) is 0 Å². The zero-order valence-electron chi connectivity index (χ0n) is 7.38. The van der Waals surface area contributed by atoms with Gasteiger partial charge in [0.05, 0.1) is 12.2 Å². The zero-order valence-corrected chi connectivity index (χ0v) is 8.19. The van der Waals surface area contributed by atoms with Gasteiger partial charge in [-0.25, -0.2) is 4.98 Å². The normalized spacial score (nSPS) is 20.6. The molecule has 0 amide bonds. The molecule has 0 bridgehead atoms. The second-order valence-electron chi connectivity index (χ2n) is 3.62. The number of oxazole rings is 1. The lowest BCUT2D eigenvalue weighted by Crippen LogP contribution is -2.22. The van der Waals surface area contributed by atoms with Gasteiger partial charge in [0, 0.05) is 18.9 Å². The number of fused-ring (bicyclic) bond motifs is 1. The summed E-state index contributed by atoms with van der Waals surface area (Å²) in [5.41, 5.74) is 1.19. The van der Waals surface area contributed by atoms with Crippen LogP contribution in [0.5, 0.6) is 0 Å². The lowest BCUT2D eigenvalue weighted by Gasteiger charge is -2.08. The monoisotopic (exact) mass is 200 g/mol. The average molecular weight is 201 g/mol. The molecule has 13 heavy (non-hydrogen) atoms. The molecule has 1 saturated carbocycles. The molecular formula is C9H13ClN2O. The van der Waals surface area contributed by atoms with E-state index in [1.54, 1.807) is 0 Å². The predicted octanol–water partition coefficient (Wildman–Crippen LogP) is 1.62. The van der Waals surface area contributed by atoms with E-state index >= 15 is 0 Å². The number of nitrogens with one attached hydrogen (secondary N) is 1. The van der Waals surface area contributed by atoms with Crippen molar-refractivity contribution in [1.82, 2.24) is 10.3 Å². The summed E-state index contributed by atoms with van der Waals surface area (Å²) in [6, 6.07) is 0. The van der Waals surface area contributed by atoms with Crippen LogP contribution in [0.15, 0.2) is 4.42 Å². The molecule has 4 heteroatoms. The van der Waals surface area contributed by atoms with Gasteiger partial charge in [-0.3, -0.25) is 0 Å². The Hall–Kier alpha value is -0.540. The summed E-state index contributed by atoms with van der Waals surface area (Å²) in [5.74, 6) is 2.71. The Morgan fingerprint density at radius 2 is 2.23 bits per heavy atom. The van der Waals surface area contributed by atoms with Crippen molar-refractivity contribution in [2.45, 2.75) is 31.7 Å². The summed E-state index contributed by atoms with van der Waals surface area (Å²) in [5, 5.41) is 3.28. The number of hydrogen-bond acceptors (Lipinski definition) is 3. The van der Waals surface area contributed by atoms with Crippen molar-refractivity contribution in [3.8, 4) is 0 Å². The number of aromatic nitrogens is 1. The van der Waals surface area contributed by atoms with E-state index in [4.69, 9.17) is 4.42 Å². The molecule has 0 unspecified atom stereocenters. The highest BCUT2D eigenvalue weighted by molar-refractivity contribution is 5.85. The van der Waals surface area contributed by atoms with Gasteiger partial charge in [-0.1, -0.05) is 0 Å². The minimum absolute atomic E-state index is 0. The maximum atomic E-state index is 5.66. The van der Waals surface area contributed by atoms with E-state index in [9.17, 15) is 0 Å². The van der Waals surface area contributed by atoms with E-state index in [1.165, 1.54) is 18.5 Å². The van der Waals surface area contributed by atoms with Crippen LogP contribution >= 0.6 is 12.4 Å². The Balaban J connectivity index is 0.000000653. The van der Waals surface area contributed by atoms with E-state index in [-0.39, 0.29) is 12.4 Å². The van der Waals surface area contributed by atoms with E-state index in [2.05, 4.69) is 10.3 Å². The maximum absolute atomic E-state index is 5.66. The fourth-order valence-electron chi connectivity index (χ4n) is 1.65. The topological polar surface area (TPSA) is 38.1 Å². The van der Waals surface area contributed by atoms with Crippen LogP contribution in [0.1, 0.15) is 36.1 Å². The highest BCUT2D eigenvalue weighted by Gasteiger charge is 2.30. The molecule has 1 aromatic rings. The molecule has 3 rings (SSSR count). The molecule has 0 aromatic carbocycles. The summed E-state index contributed by atoms with van der Waals surface area (Å²) in [7, 11) is 0. The summed E-state index contributed by atoms with van der Waals surface area (Å²) in [6.45, 7) is 1.92. The minimum Gasteiger partial charge on any atom is -0.444 e. The first-order valence-corrected chi connectivity index (χ1v) is 4.62. The quantitative estimate of drug-likeness (QED) is 0.749. The first-order valence-electron chi connectivity index (χ1n) is 4.62. The SMILES string of the molecule is C1Cc2nc(C3CC3)oc2CN1.Cl. The molecule has 1 aromatic heterocycles. The zero-order chi connectivity index (χ0) is 7.97. The second kappa shape index (κ2) is 3.31. The van der Waals surface area contributed by atoms with Gasteiger partial charge in [0.2, 0.25) is 0 Å². The first kappa shape index (κ1) is 9.03. The molecule has 2 heterocycles. The van der Waals surface area contributed by atoms with E-state index in [1.807, 2.05) is 0 Å². The molecular weight excluding hydrogens is 188 g/mol. The largest absolute Gasteiger partial charge is 0.444 e. The molecule has 1 N–H and O–H groups in total. The van der Waals surface area contributed by atoms with Crippen molar-refractivity contribution in [3.05, 3.63) is 17.3 Å².